The van der Waals surface area contributed by atoms with Gasteiger partial charge in [0.15, 0.2) is 0 Å². The van der Waals surface area contributed by atoms with Crippen LogP contribution < -0.4 is 10.5 Å². The topological polar surface area (TPSA) is 72.6 Å². The fourth-order valence-electron chi connectivity index (χ4n) is 2.91. The van der Waals surface area contributed by atoms with E-state index in [1.165, 1.54) is 0 Å². The summed E-state index contributed by atoms with van der Waals surface area (Å²) in [5.74, 6) is -0.219. The molecule has 2 aromatic rings. The molecular weight excluding hydrogens is 384 g/mol. The van der Waals surface area contributed by atoms with Crippen LogP contribution in [0.15, 0.2) is 59.1 Å². The Morgan fingerprint density at radius 1 is 1.12 bits per heavy atom. The van der Waals surface area contributed by atoms with Crippen molar-refractivity contribution in [2.45, 2.75) is 12.5 Å². The van der Waals surface area contributed by atoms with Gasteiger partial charge < -0.3 is 15.4 Å². The second kappa shape index (κ2) is 7.70. The fraction of sp³-hybridized carbons (Fsp3) is 0.263. The third-order valence-corrected chi connectivity index (χ3v) is 4.97. The molecule has 1 aliphatic rings. The standard InChI is InChI=1S/C19H19BrN2O3/c20-15-8-4-5-9-16(15)25-17(13-6-2-1-3-7-13)19(24)22-11-10-14(12-22)18(21)23/h1-9,14,17H,10-12H2,(H2,21,23)/t14-,17-/m0/s1. The lowest BCUT2D eigenvalue weighted by atomic mass is 10.1. The maximum atomic E-state index is 13.1. The largest absolute Gasteiger partial charge is 0.475 e. The van der Waals surface area contributed by atoms with Crippen LogP contribution in [0.1, 0.15) is 18.1 Å². The zero-order valence-electron chi connectivity index (χ0n) is 13.6. The molecule has 5 nitrogen and oxygen atoms in total. The number of benzene rings is 2. The summed E-state index contributed by atoms with van der Waals surface area (Å²) in [6.45, 7) is 0.853. The smallest absolute Gasteiger partial charge is 0.268 e. The highest BCUT2D eigenvalue weighted by atomic mass is 79.9. The summed E-state index contributed by atoms with van der Waals surface area (Å²) in [4.78, 5) is 26.1. The van der Waals surface area contributed by atoms with Crippen LogP contribution in [0.4, 0.5) is 0 Å². The first kappa shape index (κ1) is 17.5. The number of rotatable bonds is 5. The molecular formula is C19H19BrN2O3. The van der Waals surface area contributed by atoms with Crippen LogP contribution in [0, 0.1) is 5.92 Å². The second-order valence-electron chi connectivity index (χ2n) is 6.01. The zero-order chi connectivity index (χ0) is 17.8. The molecule has 0 aromatic heterocycles. The molecule has 6 heteroatoms. The third kappa shape index (κ3) is 4.02. The number of para-hydroxylation sites is 1. The number of amides is 2. The molecule has 0 bridgehead atoms. The number of carbonyl (C=O) groups excluding carboxylic acids is 2. The van der Waals surface area contributed by atoms with Gasteiger partial charge in [0, 0.05) is 18.7 Å². The molecule has 2 aromatic carbocycles. The summed E-state index contributed by atoms with van der Waals surface area (Å²) in [6, 6.07) is 16.8. The molecule has 25 heavy (non-hydrogen) atoms. The first-order chi connectivity index (χ1) is 12.1. The maximum Gasteiger partial charge on any atom is 0.268 e. The van der Waals surface area contributed by atoms with E-state index in [1.54, 1.807) is 4.90 Å². The Hall–Kier alpha value is -2.34. The molecule has 0 radical (unpaired) electrons. The van der Waals surface area contributed by atoms with Crippen molar-refractivity contribution >= 4 is 27.7 Å². The summed E-state index contributed by atoms with van der Waals surface area (Å²) in [6.07, 6.45) is -0.177. The molecule has 0 unspecified atom stereocenters. The Labute approximate surface area is 154 Å². The number of hydrogen-bond acceptors (Lipinski definition) is 3. The Balaban J connectivity index is 1.85. The molecule has 2 amide bonds. The SMILES string of the molecule is NC(=O)[C@H]1CCN(C(=O)[C@@H](Oc2ccccc2Br)c2ccccc2)C1. The zero-order valence-corrected chi connectivity index (χ0v) is 15.2. The van der Waals surface area contributed by atoms with E-state index in [9.17, 15) is 9.59 Å². The van der Waals surface area contributed by atoms with Gasteiger partial charge in [0.1, 0.15) is 5.75 Å². The highest BCUT2D eigenvalue weighted by Crippen LogP contribution is 2.31. The Kier molecular flexibility index (Phi) is 5.38. The van der Waals surface area contributed by atoms with Gasteiger partial charge >= 0.3 is 0 Å². The average molecular weight is 403 g/mol. The van der Waals surface area contributed by atoms with Crippen LogP contribution in [0.25, 0.3) is 0 Å². The monoisotopic (exact) mass is 402 g/mol. The predicted molar refractivity (Wildman–Crippen MR) is 97.8 cm³/mol. The highest BCUT2D eigenvalue weighted by molar-refractivity contribution is 9.10. The molecule has 3 rings (SSSR count). The van der Waals surface area contributed by atoms with Crippen LogP contribution in [-0.2, 0) is 9.59 Å². The van der Waals surface area contributed by atoms with Gasteiger partial charge in [0.05, 0.1) is 10.4 Å². The Morgan fingerprint density at radius 3 is 2.44 bits per heavy atom. The lowest BCUT2D eigenvalue weighted by molar-refractivity contribution is -0.138. The van der Waals surface area contributed by atoms with E-state index in [2.05, 4.69) is 15.9 Å². The minimum atomic E-state index is -0.772. The van der Waals surface area contributed by atoms with E-state index in [0.29, 0.717) is 25.3 Å². The molecule has 2 atom stereocenters. The minimum Gasteiger partial charge on any atom is -0.475 e. The fourth-order valence-corrected chi connectivity index (χ4v) is 3.29. The van der Waals surface area contributed by atoms with Gasteiger partial charge in [-0.3, -0.25) is 9.59 Å². The third-order valence-electron chi connectivity index (χ3n) is 4.31. The van der Waals surface area contributed by atoms with Gasteiger partial charge in [-0.05, 0) is 34.5 Å². The van der Waals surface area contributed by atoms with Gasteiger partial charge in [0.25, 0.3) is 5.91 Å². The number of halogens is 1. The maximum absolute atomic E-state index is 13.1. The van der Waals surface area contributed by atoms with Crippen LogP contribution in [0.3, 0.4) is 0 Å². The molecule has 1 heterocycles. The number of nitrogens with zero attached hydrogens (tertiary/aromatic N) is 1. The number of carbonyl (C=O) groups is 2. The van der Waals surface area contributed by atoms with E-state index in [4.69, 9.17) is 10.5 Å². The first-order valence-electron chi connectivity index (χ1n) is 8.10. The molecule has 1 fully saturated rings. The summed E-state index contributed by atoms with van der Waals surface area (Å²) in [7, 11) is 0. The molecule has 2 N–H and O–H groups in total. The van der Waals surface area contributed by atoms with Gasteiger partial charge in [-0.1, -0.05) is 42.5 Å². The van der Waals surface area contributed by atoms with Crippen LogP contribution in [0.5, 0.6) is 5.75 Å². The van der Waals surface area contributed by atoms with Crippen LogP contribution in [0.2, 0.25) is 0 Å². The van der Waals surface area contributed by atoms with Crippen molar-refractivity contribution in [3.63, 3.8) is 0 Å². The number of nitrogens with two attached hydrogens (primary N) is 1. The van der Waals surface area contributed by atoms with Crippen molar-refractivity contribution in [3.05, 3.63) is 64.6 Å². The average Bonchev–Trinajstić information content (AvgIpc) is 3.12. The summed E-state index contributed by atoms with van der Waals surface area (Å²) in [5.41, 5.74) is 6.15. The molecule has 0 spiro atoms. The van der Waals surface area contributed by atoms with Crippen molar-refractivity contribution in [2.24, 2.45) is 11.7 Å². The number of likely N-dealkylation sites (tertiary alicyclic amines) is 1. The van der Waals surface area contributed by atoms with Gasteiger partial charge in [-0.15, -0.1) is 0 Å². The molecule has 1 aliphatic heterocycles. The Morgan fingerprint density at radius 2 is 1.80 bits per heavy atom. The van der Waals surface area contributed by atoms with E-state index in [-0.39, 0.29) is 17.7 Å². The summed E-state index contributed by atoms with van der Waals surface area (Å²) >= 11 is 3.45. The molecule has 1 saturated heterocycles. The van der Waals surface area contributed by atoms with Crippen molar-refractivity contribution in [3.8, 4) is 5.75 Å². The molecule has 0 aliphatic carbocycles. The Bertz CT molecular complexity index is 766. The van der Waals surface area contributed by atoms with Crippen molar-refractivity contribution < 1.29 is 14.3 Å². The normalized spacial score (nSPS) is 18.0. The van der Waals surface area contributed by atoms with Crippen molar-refractivity contribution in [2.75, 3.05) is 13.1 Å². The van der Waals surface area contributed by atoms with E-state index in [1.807, 2.05) is 54.6 Å². The lowest BCUT2D eigenvalue weighted by Crippen LogP contribution is -2.37. The van der Waals surface area contributed by atoms with E-state index in [0.717, 1.165) is 10.0 Å². The summed E-state index contributed by atoms with van der Waals surface area (Å²) < 4.78 is 6.82. The van der Waals surface area contributed by atoms with E-state index >= 15 is 0 Å². The lowest BCUT2D eigenvalue weighted by Gasteiger charge is -2.25. The number of hydrogen-bond donors (Lipinski definition) is 1. The second-order valence-corrected chi connectivity index (χ2v) is 6.87. The van der Waals surface area contributed by atoms with Gasteiger partial charge in [-0.25, -0.2) is 0 Å². The van der Waals surface area contributed by atoms with Crippen LogP contribution in [-0.4, -0.2) is 29.8 Å². The number of primary amides is 1. The summed E-state index contributed by atoms with van der Waals surface area (Å²) in [5, 5.41) is 0. The minimum absolute atomic E-state index is 0.161. The predicted octanol–water partition coefficient (Wildman–Crippen LogP) is 2.90. The molecule has 0 saturated carbocycles. The first-order valence-corrected chi connectivity index (χ1v) is 8.90. The number of ether oxygens (including phenoxy) is 1. The van der Waals surface area contributed by atoms with Crippen LogP contribution >= 0.6 is 15.9 Å². The molecule has 130 valence electrons. The van der Waals surface area contributed by atoms with Gasteiger partial charge in [0.2, 0.25) is 12.0 Å². The van der Waals surface area contributed by atoms with Gasteiger partial charge in [-0.2, -0.15) is 0 Å². The van der Waals surface area contributed by atoms with Crippen molar-refractivity contribution in [1.29, 1.82) is 0 Å². The van der Waals surface area contributed by atoms with E-state index < -0.39 is 6.10 Å². The van der Waals surface area contributed by atoms with Crippen molar-refractivity contribution in [1.82, 2.24) is 4.90 Å². The highest BCUT2D eigenvalue weighted by Gasteiger charge is 2.35. The quantitative estimate of drug-likeness (QED) is 0.835.